The predicted octanol–water partition coefficient (Wildman–Crippen LogP) is 4.52. The predicted molar refractivity (Wildman–Crippen MR) is 89.0 cm³/mol. The average Bonchev–Trinajstić information content (AvgIpc) is 2.58. The maximum absolute atomic E-state index is 13.6. The van der Waals surface area contributed by atoms with Gasteiger partial charge in [-0.3, -0.25) is 4.79 Å². The molecule has 24 heavy (non-hydrogen) atoms. The van der Waals surface area contributed by atoms with Gasteiger partial charge in [-0.1, -0.05) is 42.5 Å². The molecule has 0 saturated carbocycles. The Morgan fingerprint density at radius 2 is 1.58 bits per heavy atom. The minimum absolute atomic E-state index is 0.476. The van der Waals surface area contributed by atoms with Crippen LogP contribution in [-0.4, -0.2) is 12.0 Å². The fourth-order valence-corrected chi connectivity index (χ4v) is 2.38. The highest BCUT2D eigenvalue weighted by atomic mass is 19.1. The zero-order valence-electron chi connectivity index (χ0n) is 12.9. The lowest BCUT2D eigenvalue weighted by molar-refractivity contribution is -0.122. The summed E-state index contributed by atoms with van der Waals surface area (Å²) in [5.41, 5.74) is -0.476. The van der Waals surface area contributed by atoms with Crippen molar-refractivity contribution in [1.82, 2.24) is 0 Å². The van der Waals surface area contributed by atoms with Crippen LogP contribution in [0.5, 0.6) is 5.75 Å². The van der Waals surface area contributed by atoms with Gasteiger partial charge < -0.3 is 10.1 Å². The minimum Gasteiger partial charge on any atom is -0.480 e. The van der Waals surface area contributed by atoms with Crippen LogP contribution < -0.4 is 10.1 Å². The lowest BCUT2D eigenvalue weighted by Gasteiger charge is -2.16. The highest BCUT2D eigenvalue weighted by Gasteiger charge is 2.19. The lowest BCUT2D eigenvalue weighted by Crippen LogP contribution is -2.30. The van der Waals surface area contributed by atoms with Crippen molar-refractivity contribution in [3.8, 4) is 5.75 Å². The van der Waals surface area contributed by atoms with E-state index in [-0.39, 0.29) is 0 Å². The molecule has 3 aromatic carbocycles. The molecule has 5 heteroatoms. The van der Waals surface area contributed by atoms with Crippen molar-refractivity contribution in [2.45, 2.75) is 13.0 Å². The van der Waals surface area contributed by atoms with Crippen LogP contribution in [0.25, 0.3) is 10.8 Å². The molecule has 1 N–H and O–H groups in total. The van der Waals surface area contributed by atoms with E-state index in [4.69, 9.17) is 4.74 Å². The number of ether oxygens (including phenoxy) is 1. The van der Waals surface area contributed by atoms with E-state index >= 15 is 0 Å². The molecule has 0 saturated heterocycles. The number of para-hydroxylation sites is 1. The van der Waals surface area contributed by atoms with E-state index in [1.807, 2.05) is 36.4 Å². The van der Waals surface area contributed by atoms with Gasteiger partial charge in [-0.05, 0) is 30.5 Å². The Balaban J connectivity index is 1.79. The van der Waals surface area contributed by atoms with Gasteiger partial charge in [-0.2, -0.15) is 0 Å². The summed E-state index contributed by atoms with van der Waals surface area (Å²) in [5, 5.41) is 4.07. The standard InChI is InChI=1S/C19H15F2NO2/c1-12(19(23)22-18-15(20)9-5-10-16(18)21)24-17-11-4-7-13-6-2-3-8-14(13)17/h2-12H,1H3,(H,22,23)/t12-/m0/s1. The van der Waals surface area contributed by atoms with Crippen molar-refractivity contribution < 1.29 is 18.3 Å². The number of nitrogens with one attached hydrogen (secondary N) is 1. The Morgan fingerprint density at radius 3 is 2.33 bits per heavy atom. The van der Waals surface area contributed by atoms with Gasteiger partial charge in [0.15, 0.2) is 6.10 Å². The minimum atomic E-state index is -0.921. The molecule has 0 aliphatic carbocycles. The zero-order chi connectivity index (χ0) is 17.1. The molecule has 122 valence electrons. The third kappa shape index (κ3) is 3.20. The van der Waals surface area contributed by atoms with Gasteiger partial charge in [0, 0.05) is 5.39 Å². The summed E-state index contributed by atoms with van der Waals surface area (Å²) < 4.78 is 32.9. The summed E-state index contributed by atoms with van der Waals surface area (Å²) in [6.07, 6.45) is -0.921. The summed E-state index contributed by atoms with van der Waals surface area (Å²) in [6.45, 7) is 1.52. The first kappa shape index (κ1) is 15.9. The van der Waals surface area contributed by atoms with Crippen molar-refractivity contribution in [3.63, 3.8) is 0 Å². The number of benzene rings is 3. The SMILES string of the molecule is C[C@H](Oc1cccc2ccccc12)C(=O)Nc1c(F)cccc1F. The first-order chi connectivity index (χ1) is 11.6. The molecule has 0 unspecified atom stereocenters. The molecule has 1 atom stereocenters. The molecule has 0 aliphatic heterocycles. The Hall–Kier alpha value is -2.95. The van der Waals surface area contributed by atoms with Gasteiger partial charge >= 0.3 is 0 Å². The number of fused-ring (bicyclic) bond motifs is 1. The van der Waals surface area contributed by atoms with Crippen molar-refractivity contribution in [2.24, 2.45) is 0 Å². The Kier molecular flexibility index (Phi) is 4.42. The van der Waals surface area contributed by atoms with Crippen LogP contribution in [0.15, 0.2) is 60.7 Å². The Bertz CT molecular complexity index is 870. The van der Waals surface area contributed by atoms with Crippen molar-refractivity contribution in [3.05, 3.63) is 72.3 Å². The van der Waals surface area contributed by atoms with Crippen LogP contribution >= 0.6 is 0 Å². The number of carbonyl (C=O) groups is 1. The molecule has 0 aliphatic rings. The topological polar surface area (TPSA) is 38.3 Å². The molecular formula is C19H15F2NO2. The number of amides is 1. The third-order valence-electron chi connectivity index (χ3n) is 3.63. The van der Waals surface area contributed by atoms with Gasteiger partial charge in [-0.15, -0.1) is 0 Å². The maximum Gasteiger partial charge on any atom is 0.265 e. The number of carbonyl (C=O) groups excluding carboxylic acids is 1. The lowest BCUT2D eigenvalue weighted by atomic mass is 10.1. The summed E-state index contributed by atoms with van der Waals surface area (Å²) in [4.78, 5) is 12.2. The van der Waals surface area contributed by atoms with E-state index in [9.17, 15) is 13.6 Å². The molecule has 3 aromatic rings. The van der Waals surface area contributed by atoms with Gasteiger partial charge in [0.25, 0.3) is 5.91 Å². The first-order valence-electron chi connectivity index (χ1n) is 7.45. The Labute approximate surface area is 137 Å². The van der Waals surface area contributed by atoms with Crippen LogP contribution in [0.3, 0.4) is 0 Å². The maximum atomic E-state index is 13.6. The van der Waals surface area contributed by atoms with Crippen molar-refractivity contribution >= 4 is 22.4 Å². The fourth-order valence-electron chi connectivity index (χ4n) is 2.38. The van der Waals surface area contributed by atoms with Crippen molar-refractivity contribution in [2.75, 3.05) is 5.32 Å². The second kappa shape index (κ2) is 6.66. The molecule has 0 spiro atoms. The molecular weight excluding hydrogens is 312 g/mol. The van der Waals surface area contributed by atoms with E-state index in [1.54, 1.807) is 6.07 Å². The highest BCUT2D eigenvalue weighted by Crippen LogP contribution is 2.26. The molecule has 0 fully saturated rings. The van der Waals surface area contributed by atoms with Crippen LogP contribution in [0.4, 0.5) is 14.5 Å². The summed E-state index contributed by atoms with van der Waals surface area (Å²) in [7, 11) is 0. The Morgan fingerprint density at radius 1 is 0.958 bits per heavy atom. The quantitative estimate of drug-likeness (QED) is 0.765. The van der Waals surface area contributed by atoms with E-state index in [1.165, 1.54) is 13.0 Å². The zero-order valence-corrected chi connectivity index (χ0v) is 12.9. The molecule has 0 aromatic heterocycles. The second-order valence-electron chi connectivity index (χ2n) is 5.32. The van der Waals surface area contributed by atoms with E-state index in [0.717, 1.165) is 22.9 Å². The molecule has 1 amide bonds. The van der Waals surface area contributed by atoms with Gasteiger partial charge in [0.2, 0.25) is 0 Å². The smallest absolute Gasteiger partial charge is 0.265 e. The van der Waals surface area contributed by atoms with Crippen molar-refractivity contribution in [1.29, 1.82) is 0 Å². The van der Waals surface area contributed by atoms with Crippen LogP contribution in [-0.2, 0) is 4.79 Å². The summed E-state index contributed by atoms with van der Waals surface area (Å²) in [5.74, 6) is -1.77. The summed E-state index contributed by atoms with van der Waals surface area (Å²) in [6, 6.07) is 16.5. The highest BCUT2D eigenvalue weighted by molar-refractivity contribution is 5.95. The van der Waals surface area contributed by atoms with E-state index < -0.39 is 29.3 Å². The van der Waals surface area contributed by atoms with Crippen LogP contribution in [0, 0.1) is 11.6 Å². The number of hydrogen-bond acceptors (Lipinski definition) is 2. The van der Waals surface area contributed by atoms with E-state index in [2.05, 4.69) is 5.32 Å². The fraction of sp³-hybridized carbons (Fsp3) is 0.105. The molecule has 3 nitrogen and oxygen atoms in total. The summed E-state index contributed by atoms with van der Waals surface area (Å²) >= 11 is 0. The third-order valence-corrected chi connectivity index (χ3v) is 3.63. The first-order valence-corrected chi connectivity index (χ1v) is 7.45. The number of anilines is 1. The molecule has 0 radical (unpaired) electrons. The van der Waals surface area contributed by atoms with Crippen LogP contribution in [0.1, 0.15) is 6.92 Å². The second-order valence-corrected chi connectivity index (χ2v) is 5.32. The molecule has 0 heterocycles. The molecule has 0 bridgehead atoms. The average molecular weight is 327 g/mol. The molecule has 3 rings (SSSR count). The number of rotatable bonds is 4. The monoisotopic (exact) mass is 327 g/mol. The van der Waals surface area contributed by atoms with Crippen LogP contribution in [0.2, 0.25) is 0 Å². The van der Waals surface area contributed by atoms with Gasteiger partial charge in [0.1, 0.15) is 23.1 Å². The number of halogens is 2. The van der Waals surface area contributed by atoms with E-state index in [0.29, 0.717) is 5.75 Å². The van der Waals surface area contributed by atoms with Gasteiger partial charge in [0.05, 0.1) is 0 Å². The largest absolute Gasteiger partial charge is 0.480 e. The normalized spacial score (nSPS) is 12.0. The number of hydrogen-bond donors (Lipinski definition) is 1. The van der Waals surface area contributed by atoms with Gasteiger partial charge in [-0.25, -0.2) is 8.78 Å².